The van der Waals surface area contributed by atoms with Gasteiger partial charge in [-0.1, -0.05) is 32.0 Å². The summed E-state index contributed by atoms with van der Waals surface area (Å²) in [6.45, 7) is 3.82. The minimum absolute atomic E-state index is 0. The molecule has 0 atom stereocenters. The number of carbonyl (C=O) groups is 1. The summed E-state index contributed by atoms with van der Waals surface area (Å²) < 4.78 is 38.2. The smallest absolute Gasteiger partial charge is 0.354 e. The first kappa shape index (κ1) is 18.8. The highest BCUT2D eigenvalue weighted by molar-refractivity contribution is 5.89. The normalized spacial score (nSPS) is 16.6. The third-order valence-electron chi connectivity index (χ3n) is 3.90. The van der Waals surface area contributed by atoms with Gasteiger partial charge in [0.2, 0.25) is 5.91 Å². The zero-order valence-electron chi connectivity index (χ0n) is 12.5. The Hall–Kier alpha value is -1.27. The van der Waals surface area contributed by atoms with E-state index in [1.165, 1.54) is 6.07 Å². The van der Waals surface area contributed by atoms with E-state index in [1.807, 2.05) is 0 Å². The average molecular weight is 337 g/mol. The van der Waals surface area contributed by atoms with Crippen LogP contribution in [0.4, 0.5) is 13.2 Å². The molecule has 0 heterocycles. The molecule has 3 nitrogen and oxygen atoms in total. The van der Waals surface area contributed by atoms with Crippen molar-refractivity contribution in [3.8, 4) is 0 Å². The number of benzene rings is 1. The number of nitrogens with two attached hydrogens (primary N) is 1. The molecule has 0 saturated heterocycles. The molecule has 1 aliphatic rings. The Balaban J connectivity index is 0.00000242. The number of hydrogen-bond acceptors (Lipinski definition) is 2. The van der Waals surface area contributed by atoms with Crippen LogP contribution in [0.25, 0.3) is 0 Å². The Morgan fingerprint density at radius 2 is 1.82 bits per heavy atom. The van der Waals surface area contributed by atoms with Crippen molar-refractivity contribution in [1.29, 1.82) is 0 Å². The van der Waals surface area contributed by atoms with Gasteiger partial charge in [0.05, 0.1) is 11.1 Å². The second kappa shape index (κ2) is 6.08. The first-order valence-corrected chi connectivity index (χ1v) is 6.80. The van der Waals surface area contributed by atoms with Crippen LogP contribution >= 0.6 is 12.4 Å². The molecule has 0 aromatic heterocycles. The van der Waals surface area contributed by atoms with Crippen LogP contribution in [0.1, 0.15) is 37.8 Å². The van der Waals surface area contributed by atoms with Gasteiger partial charge >= 0.3 is 6.18 Å². The third kappa shape index (κ3) is 4.14. The molecule has 1 amide bonds. The zero-order chi connectivity index (χ0) is 15.9. The maximum Gasteiger partial charge on any atom is 0.416 e. The molecule has 0 aliphatic heterocycles. The van der Waals surface area contributed by atoms with Crippen molar-refractivity contribution in [1.82, 2.24) is 5.32 Å². The van der Waals surface area contributed by atoms with Crippen LogP contribution in [0.3, 0.4) is 0 Å². The van der Waals surface area contributed by atoms with Crippen LogP contribution in [0.5, 0.6) is 0 Å². The van der Waals surface area contributed by atoms with Crippen LogP contribution in [-0.2, 0) is 16.4 Å². The summed E-state index contributed by atoms with van der Waals surface area (Å²) in [4.78, 5) is 11.8. The third-order valence-corrected chi connectivity index (χ3v) is 3.90. The second-order valence-corrected chi connectivity index (χ2v) is 6.30. The van der Waals surface area contributed by atoms with Gasteiger partial charge in [-0.25, -0.2) is 0 Å². The highest BCUT2D eigenvalue weighted by Crippen LogP contribution is 2.34. The van der Waals surface area contributed by atoms with Gasteiger partial charge in [0.25, 0.3) is 0 Å². The second-order valence-electron chi connectivity index (χ2n) is 6.30. The molecule has 0 unspecified atom stereocenters. The van der Waals surface area contributed by atoms with Crippen LogP contribution in [-0.4, -0.2) is 18.0 Å². The number of rotatable bonds is 4. The molecular formula is C15H20ClF3N2O. The van der Waals surface area contributed by atoms with E-state index in [0.29, 0.717) is 18.4 Å². The van der Waals surface area contributed by atoms with Crippen molar-refractivity contribution in [2.75, 3.05) is 6.54 Å². The van der Waals surface area contributed by atoms with Crippen LogP contribution < -0.4 is 11.1 Å². The summed E-state index contributed by atoms with van der Waals surface area (Å²) in [6, 6.07) is 5.18. The lowest BCUT2D eigenvalue weighted by Gasteiger charge is -2.27. The van der Waals surface area contributed by atoms with Gasteiger partial charge in [0, 0.05) is 12.0 Å². The molecule has 3 N–H and O–H groups in total. The molecule has 2 rings (SSSR count). The van der Waals surface area contributed by atoms with Crippen LogP contribution in [0.2, 0.25) is 0 Å². The highest BCUT2D eigenvalue weighted by atomic mass is 35.5. The maximum absolute atomic E-state index is 12.7. The average Bonchev–Trinajstić information content (AvgIpc) is 3.15. The predicted octanol–water partition coefficient (Wildman–Crippen LogP) is 3.01. The largest absolute Gasteiger partial charge is 0.416 e. The minimum atomic E-state index is -4.37. The number of halogens is 4. The summed E-state index contributed by atoms with van der Waals surface area (Å²) in [7, 11) is 0. The first-order valence-electron chi connectivity index (χ1n) is 6.80. The van der Waals surface area contributed by atoms with Crippen LogP contribution in [0.15, 0.2) is 24.3 Å². The lowest BCUT2D eigenvalue weighted by Crippen LogP contribution is -2.46. The van der Waals surface area contributed by atoms with E-state index in [9.17, 15) is 18.0 Å². The van der Waals surface area contributed by atoms with Gasteiger partial charge in [0.1, 0.15) is 0 Å². The Morgan fingerprint density at radius 3 is 2.32 bits per heavy atom. The molecule has 1 saturated carbocycles. The fraction of sp³-hybridized carbons (Fsp3) is 0.533. The quantitative estimate of drug-likeness (QED) is 0.888. The Labute approximate surface area is 133 Å². The fourth-order valence-electron chi connectivity index (χ4n) is 2.06. The molecule has 0 radical (unpaired) electrons. The first-order chi connectivity index (χ1) is 9.55. The number of hydrogen-bond donors (Lipinski definition) is 2. The summed E-state index contributed by atoms with van der Waals surface area (Å²) in [5.41, 5.74) is 4.24. The summed E-state index contributed by atoms with van der Waals surface area (Å²) in [5.74, 6) is -0.234. The van der Waals surface area contributed by atoms with Gasteiger partial charge in [-0.05, 0) is 24.5 Å². The van der Waals surface area contributed by atoms with E-state index >= 15 is 0 Å². The zero-order valence-corrected chi connectivity index (χ0v) is 13.3. The maximum atomic E-state index is 12.7. The number of carbonyl (C=O) groups excluding carboxylic acids is 1. The van der Waals surface area contributed by atoms with E-state index < -0.39 is 22.7 Å². The Morgan fingerprint density at radius 1 is 1.27 bits per heavy atom. The Bertz CT molecular complexity index is 554. The number of amides is 1. The van der Waals surface area contributed by atoms with Crippen molar-refractivity contribution >= 4 is 18.3 Å². The molecule has 1 aromatic rings. The van der Waals surface area contributed by atoms with Gasteiger partial charge in [-0.15, -0.1) is 12.4 Å². The lowest BCUT2D eigenvalue weighted by atomic mass is 9.83. The van der Waals surface area contributed by atoms with Crippen LogP contribution in [0, 0.1) is 0 Å². The fourth-order valence-corrected chi connectivity index (χ4v) is 2.06. The van der Waals surface area contributed by atoms with E-state index in [0.717, 1.165) is 12.1 Å². The van der Waals surface area contributed by atoms with E-state index in [1.54, 1.807) is 19.9 Å². The van der Waals surface area contributed by atoms with E-state index in [-0.39, 0.29) is 24.9 Å². The van der Waals surface area contributed by atoms with Crippen molar-refractivity contribution in [3.05, 3.63) is 35.4 Å². The monoisotopic (exact) mass is 336 g/mol. The minimum Gasteiger partial charge on any atom is -0.354 e. The highest BCUT2D eigenvalue weighted by Gasteiger charge is 2.46. The molecule has 1 fully saturated rings. The molecule has 0 bridgehead atoms. The Kier molecular flexibility index (Phi) is 5.19. The topological polar surface area (TPSA) is 55.1 Å². The van der Waals surface area contributed by atoms with E-state index in [2.05, 4.69) is 5.32 Å². The molecule has 7 heteroatoms. The molecular weight excluding hydrogens is 317 g/mol. The molecule has 0 spiro atoms. The molecule has 124 valence electrons. The van der Waals surface area contributed by atoms with Gasteiger partial charge < -0.3 is 11.1 Å². The van der Waals surface area contributed by atoms with Crippen molar-refractivity contribution in [3.63, 3.8) is 0 Å². The van der Waals surface area contributed by atoms with Crippen molar-refractivity contribution < 1.29 is 18.0 Å². The summed E-state index contributed by atoms with van der Waals surface area (Å²) >= 11 is 0. The SMILES string of the molecule is CC(C)(CNC(=O)C1(N)CC1)c1cccc(C(F)(F)F)c1.Cl. The standard InChI is InChI=1S/C15H19F3N2O.ClH/c1-13(2,9-20-12(21)14(19)6-7-14)10-4-3-5-11(8-10)15(16,17)18;/h3-5,8H,6-7,9,19H2,1-2H3,(H,20,21);1H. The van der Waals surface area contributed by atoms with Gasteiger partial charge in [0.15, 0.2) is 0 Å². The van der Waals surface area contributed by atoms with Crippen molar-refractivity contribution in [2.45, 2.75) is 43.8 Å². The van der Waals surface area contributed by atoms with E-state index in [4.69, 9.17) is 5.73 Å². The molecule has 1 aliphatic carbocycles. The molecule has 1 aromatic carbocycles. The summed E-state index contributed by atoms with van der Waals surface area (Å²) in [6.07, 6.45) is -3.06. The van der Waals surface area contributed by atoms with Gasteiger partial charge in [-0.2, -0.15) is 13.2 Å². The number of nitrogens with one attached hydrogen (secondary N) is 1. The summed E-state index contributed by atoms with van der Waals surface area (Å²) in [5, 5.41) is 2.74. The lowest BCUT2D eigenvalue weighted by molar-refractivity contribution is -0.137. The van der Waals surface area contributed by atoms with Gasteiger partial charge in [-0.3, -0.25) is 4.79 Å². The predicted molar refractivity (Wildman–Crippen MR) is 80.9 cm³/mol. The molecule has 22 heavy (non-hydrogen) atoms. The van der Waals surface area contributed by atoms with Crippen molar-refractivity contribution in [2.24, 2.45) is 5.73 Å². The number of alkyl halides is 3.